The average Bonchev–Trinajstić information content (AvgIpc) is 2.63. The monoisotopic (exact) mass is 335 g/mol. The van der Waals surface area contributed by atoms with Crippen LogP contribution in [0.15, 0.2) is 59.4 Å². The van der Waals surface area contributed by atoms with E-state index in [1.807, 2.05) is 60.0 Å². The quantitative estimate of drug-likeness (QED) is 0.659. The molecule has 128 valence electrons. The van der Waals surface area contributed by atoms with Gasteiger partial charge in [0, 0.05) is 16.8 Å². The fourth-order valence-corrected chi connectivity index (χ4v) is 3.14. The lowest BCUT2D eigenvalue weighted by Gasteiger charge is -2.20. The van der Waals surface area contributed by atoms with Crippen molar-refractivity contribution in [2.75, 3.05) is 6.61 Å². The van der Waals surface area contributed by atoms with Crippen LogP contribution in [-0.2, 0) is 11.2 Å². The highest BCUT2D eigenvalue weighted by molar-refractivity contribution is 5.96. The van der Waals surface area contributed by atoms with E-state index < -0.39 is 5.97 Å². The highest BCUT2D eigenvalue weighted by atomic mass is 16.5. The summed E-state index contributed by atoms with van der Waals surface area (Å²) in [5, 5.41) is 0.522. The molecule has 0 fully saturated rings. The van der Waals surface area contributed by atoms with Gasteiger partial charge in [-0.2, -0.15) is 0 Å². The molecule has 0 unspecified atom stereocenters. The van der Waals surface area contributed by atoms with Gasteiger partial charge in [0.2, 0.25) is 5.43 Å². The summed E-state index contributed by atoms with van der Waals surface area (Å²) in [6.07, 6.45) is 1.43. The van der Waals surface area contributed by atoms with Gasteiger partial charge in [-0.3, -0.25) is 4.79 Å². The summed E-state index contributed by atoms with van der Waals surface area (Å²) in [5.74, 6) is -0.550. The number of esters is 1. The maximum Gasteiger partial charge on any atom is 0.343 e. The first-order valence-corrected chi connectivity index (χ1v) is 8.58. The Morgan fingerprint density at radius 2 is 1.68 bits per heavy atom. The van der Waals surface area contributed by atoms with Gasteiger partial charge in [0.05, 0.1) is 12.1 Å². The highest BCUT2D eigenvalue weighted by Gasteiger charge is 2.23. The van der Waals surface area contributed by atoms with Gasteiger partial charge in [0.1, 0.15) is 5.56 Å². The number of hydrogen-bond donors (Lipinski definition) is 0. The summed E-state index contributed by atoms with van der Waals surface area (Å²) >= 11 is 0. The van der Waals surface area contributed by atoms with Gasteiger partial charge in [-0.25, -0.2) is 4.79 Å². The Hall–Kier alpha value is -2.88. The minimum atomic E-state index is -0.550. The van der Waals surface area contributed by atoms with Crippen molar-refractivity contribution in [1.29, 1.82) is 0 Å². The second-order valence-corrected chi connectivity index (χ2v) is 5.81. The van der Waals surface area contributed by atoms with Gasteiger partial charge < -0.3 is 9.30 Å². The zero-order valence-electron chi connectivity index (χ0n) is 14.5. The zero-order valence-corrected chi connectivity index (χ0v) is 14.5. The van der Waals surface area contributed by atoms with Crippen LogP contribution in [0.1, 0.15) is 36.3 Å². The largest absolute Gasteiger partial charge is 0.462 e. The lowest BCUT2D eigenvalue weighted by atomic mass is 10.0. The summed E-state index contributed by atoms with van der Waals surface area (Å²) in [4.78, 5) is 25.6. The van der Waals surface area contributed by atoms with Gasteiger partial charge in [0.25, 0.3) is 0 Å². The van der Waals surface area contributed by atoms with Crippen molar-refractivity contribution < 1.29 is 9.53 Å². The van der Waals surface area contributed by atoms with Crippen molar-refractivity contribution in [1.82, 2.24) is 4.57 Å². The number of carbonyl (C=O) groups is 1. The molecule has 1 aromatic heterocycles. The van der Waals surface area contributed by atoms with Crippen LogP contribution in [-0.4, -0.2) is 17.1 Å². The summed E-state index contributed by atoms with van der Waals surface area (Å²) in [6.45, 7) is 4.01. The fraction of sp³-hybridized carbons (Fsp3) is 0.238. The third-order valence-corrected chi connectivity index (χ3v) is 4.16. The third kappa shape index (κ3) is 3.07. The highest BCUT2D eigenvalue weighted by Crippen LogP contribution is 2.23. The Morgan fingerprint density at radius 3 is 2.36 bits per heavy atom. The number of ether oxygens (including phenoxy) is 1. The molecule has 0 spiro atoms. The Labute approximate surface area is 146 Å². The Kier molecular flexibility index (Phi) is 4.98. The SMILES string of the molecule is CCCc1c(C(=O)OCC)c(=O)c2ccccc2n1-c1ccccc1. The lowest BCUT2D eigenvalue weighted by Crippen LogP contribution is -2.25. The van der Waals surface area contributed by atoms with Crippen LogP contribution in [0, 0.1) is 0 Å². The van der Waals surface area contributed by atoms with E-state index in [4.69, 9.17) is 4.74 Å². The van der Waals surface area contributed by atoms with Crippen LogP contribution in [0.25, 0.3) is 16.6 Å². The maximum atomic E-state index is 13.0. The van der Waals surface area contributed by atoms with Crippen molar-refractivity contribution in [3.05, 3.63) is 76.1 Å². The third-order valence-electron chi connectivity index (χ3n) is 4.16. The molecular formula is C21H21NO3. The van der Waals surface area contributed by atoms with E-state index in [0.29, 0.717) is 17.5 Å². The molecule has 4 heteroatoms. The molecule has 0 aliphatic rings. The number of rotatable bonds is 5. The molecule has 1 heterocycles. The van der Waals surface area contributed by atoms with Crippen molar-refractivity contribution >= 4 is 16.9 Å². The second kappa shape index (κ2) is 7.34. The predicted octanol–water partition coefficient (Wildman–Crippen LogP) is 4.12. The van der Waals surface area contributed by atoms with Crippen LogP contribution in [0.4, 0.5) is 0 Å². The van der Waals surface area contributed by atoms with Gasteiger partial charge in [-0.1, -0.05) is 43.7 Å². The van der Waals surface area contributed by atoms with E-state index in [1.54, 1.807) is 13.0 Å². The molecule has 2 aromatic carbocycles. The smallest absolute Gasteiger partial charge is 0.343 e. The van der Waals surface area contributed by atoms with Crippen LogP contribution in [0.5, 0.6) is 0 Å². The van der Waals surface area contributed by atoms with Gasteiger partial charge >= 0.3 is 5.97 Å². The molecule has 0 N–H and O–H groups in total. The summed E-state index contributed by atoms with van der Waals surface area (Å²) in [5.41, 5.74) is 2.31. The molecule has 0 bridgehead atoms. The van der Waals surface area contributed by atoms with E-state index in [-0.39, 0.29) is 17.6 Å². The van der Waals surface area contributed by atoms with Gasteiger partial charge in [-0.15, -0.1) is 0 Å². The number of benzene rings is 2. The minimum absolute atomic E-state index is 0.145. The zero-order chi connectivity index (χ0) is 17.8. The first-order valence-electron chi connectivity index (χ1n) is 8.58. The van der Waals surface area contributed by atoms with Crippen molar-refractivity contribution in [3.8, 4) is 5.69 Å². The molecule has 0 saturated carbocycles. The topological polar surface area (TPSA) is 48.3 Å². The fourth-order valence-electron chi connectivity index (χ4n) is 3.14. The number of pyridine rings is 1. The lowest BCUT2D eigenvalue weighted by molar-refractivity contribution is 0.0523. The van der Waals surface area contributed by atoms with Crippen LogP contribution in [0.3, 0.4) is 0 Å². The number of fused-ring (bicyclic) bond motifs is 1. The average molecular weight is 335 g/mol. The second-order valence-electron chi connectivity index (χ2n) is 5.81. The standard InChI is InChI=1S/C21H21NO3/c1-3-10-18-19(21(24)25-4-2)20(23)16-13-8-9-14-17(16)22(18)15-11-6-5-7-12-15/h5-9,11-14H,3-4,10H2,1-2H3. The van der Waals surface area contributed by atoms with E-state index in [2.05, 4.69) is 0 Å². The van der Waals surface area contributed by atoms with Crippen molar-refractivity contribution in [3.63, 3.8) is 0 Å². The predicted molar refractivity (Wildman–Crippen MR) is 99.5 cm³/mol. The molecule has 0 atom stereocenters. The molecular weight excluding hydrogens is 314 g/mol. The van der Waals surface area contributed by atoms with Crippen molar-refractivity contribution in [2.24, 2.45) is 0 Å². The van der Waals surface area contributed by atoms with Crippen LogP contribution < -0.4 is 5.43 Å². The Balaban J connectivity index is 2.46. The van der Waals surface area contributed by atoms with Crippen LogP contribution in [0.2, 0.25) is 0 Å². The molecule has 0 aliphatic carbocycles. The van der Waals surface area contributed by atoms with Gasteiger partial charge in [-0.05, 0) is 37.6 Å². The normalized spacial score (nSPS) is 10.8. The molecule has 0 radical (unpaired) electrons. The van der Waals surface area contributed by atoms with E-state index in [9.17, 15) is 9.59 Å². The number of aromatic nitrogens is 1. The van der Waals surface area contributed by atoms with E-state index in [0.717, 1.165) is 17.6 Å². The molecule has 0 aliphatic heterocycles. The first kappa shape index (κ1) is 17.0. The number of para-hydroxylation sites is 2. The van der Waals surface area contributed by atoms with Crippen LogP contribution >= 0.6 is 0 Å². The summed E-state index contributed by atoms with van der Waals surface area (Å²) in [7, 11) is 0. The molecule has 3 aromatic rings. The van der Waals surface area contributed by atoms with Crippen molar-refractivity contribution in [2.45, 2.75) is 26.7 Å². The number of carbonyl (C=O) groups excluding carboxylic acids is 1. The first-order chi connectivity index (χ1) is 12.2. The van der Waals surface area contributed by atoms with Gasteiger partial charge in [0.15, 0.2) is 0 Å². The Morgan fingerprint density at radius 1 is 1.00 bits per heavy atom. The molecule has 25 heavy (non-hydrogen) atoms. The number of hydrogen-bond acceptors (Lipinski definition) is 3. The van der Waals surface area contributed by atoms with E-state index in [1.165, 1.54) is 0 Å². The molecule has 3 rings (SSSR count). The molecule has 0 saturated heterocycles. The summed E-state index contributed by atoms with van der Waals surface area (Å²) in [6, 6.07) is 17.2. The summed E-state index contributed by atoms with van der Waals surface area (Å²) < 4.78 is 7.19. The molecule has 0 amide bonds. The minimum Gasteiger partial charge on any atom is -0.462 e. The maximum absolute atomic E-state index is 13.0. The number of nitrogens with zero attached hydrogens (tertiary/aromatic N) is 1. The molecule has 4 nitrogen and oxygen atoms in total. The Bertz CT molecular complexity index is 958. The van der Waals surface area contributed by atoms with E-state index >= 15 is 0 Å².